The van der Waals surface area contributed by atoms with Crippen LogP contribution in [-0.2, 0) is 14.8 Å². The molecule has 1 aliphatic rings. The molecule has 2 heterocycles. The Kier molecular flexibility index (Phi) is 7.09. The van der Waals surface area contributed by atoms with Gasteiger partial charge < -0.3 is 9.64 Å². The van der Waals surface area contributed by atoms with E-state index in [-0.39, 0.29) is 6.61 Å². The first kappa shape index (κ1) is 20.1. The molecule has 0 aromatic carbocycles. The van der Waals surface area contributed by atoms with E-state index >= 15 is 0 Å². The summed E-state index contributed by atoms with van der Waals surface area (Å²) in [5, 5.41) is 0. The minimum Gasteiger partial charge on any atom is -0.372 e. The fourth-order valence-electron chi connectivity index (χ4n) is 2.34. The second-order valence-corrected chi connectivity index (χ2v) is 9.95. The molecule has 11 heteroatoms. The number of sulfonamides is 1. The standard InChI is InChI=1S/C13H18BrF3N2O3S2/c14-11-2-3-12(23-11)24(20,21)19-7-5-18(6-8-19)4-1-9-22-10-13(15,16)17/h2-3H,1,4-10H2. The molecule has 1 aliphatic heterocycles. The number of alkyl halides is 3. The van der Waals surface area contributed by atoms with Gasteiger partial charge in [0.1, 0.15) is 10.8 Å². The summed E-state index contributed by atoms with van der Waals surface area (Å²) in [5.74, 6) is 0. The number of hydrogen-bond donors (Lipinski definition) is 0. The zero-order chi connectivity index (χ0) is 17.8. The number of halogens is 4. The Morgan fingerprint density at radius 3 is 2.42 bits per heavy atom. The summed E-state index contributed by atoms with van der Waals surface area (Å²) in [5.41, 5.74) is 0. The molecule has 0 N–H and O–H groups in total. The summed E-state index contributed by atoms with van der Waals surface area (Å²) in [6.45, 7) is 1.28. The van der Waals surface area contributed by atoms with Gasteiger partial charge in [0.05, 0.1) is 3.79 Å². The van der Waals surface area contributed by atoms with E-state index in [1.807, 2.05) is 4.90 Å². The van der Waals surface area contributed by atoms with E-state index in [1.54, 1.807) is 12.1 Å². The molecule has 0 saturated carbocycles. The van der Waals surface area contributed by atoms with Crippen molar-refractivity contribution in [2.75, 3.05) is 45.9 Å². The maximum absolute atomic E-state index is 12.5. The lowest BCUT2D eigenvalue weighted by molar-refractivity contribution is -0.174. The summed E-state index contributed by atoms with van der Waals surface area (Å²) in [6, 6.07) is 3.28. The van der Waals surface area contributed by atoms with E-state index < -0.39 is 22.8 Å². The average Bonchev–Trinajstić information content (AvgIpc) is 2.94. The van der Waals surface area contributed by atoms with Crippen molar-refractivity contribution in [1.82, 2.24) is 9.21 Å². The Bertz CT molecular complexity index is 629. The molecule has 1 fully saturated rings. The van der Waals surface area contributed by atoms with Gasteiger partial charge in [0.25, 0.3) is 10.0 Å². The third-order valence-electron chi connectivity index (χ3n) is 3.50. The molecule has 2 rings (SSSR count). The van der Waals surface area contributed by atoms with Crippen molar-refractivity contribution < 1.29 is 26.3 Å². The molecule has 0 amide bonds. The third-order valence-corrected chi connectivity index (χ3v) is 7.49. The predicted octanol–water partition coefficient (Wildman–Crippen LogP) is 2.79. The van der Waals surface area contributed by atoms with Gasteiger partial charge in [0, 0.05) is 39.3 Å². The second-order valence-electron chi connectivity index (χ2n) is 5.33. The first-order valence-corrected chi connectivity index (χ1v) is 10.4. The molecule has 0 radical (unpaired) electrons. The summed E-state index contributed by atoms with van der Waals surface area (Å²) >= 11 is 4.43. The highest BCUT2D eigenvalue weighted by atomic mass is 79.9. The number of nitrogens with zero attached hydrogens (tertiary/aromatic N) is 2. The normalized spacial score (nSPS) is 18.2. The quantitative estimate of drug-likeness (QED) is 0.599. The van der Waals surface area contributed by atoms with E-state index in [0.29, 0.717) is 43.4 Å². The number of piperazine rings is 1. The smallest absolute Gasteiger partial charge is 0.372 e. The summed E-state index contributed by atoms with van der Waals surface area (Å²) < 4.78 is 67.8. The molecule has 0 aliphatic carbocycles. The maximum Gasteiger partial charge on any atom is 0.411 e. The van der Waals surface area contributed by atoms with Crippen LogP contribution in [0, 0.1) is 0 Å². The van der Waals surface area contributed by atoms with Gasteiger partial charge in [-0.25, -0.2) is 8.42 Å². The van der Waals surface area contributed by atoms with Crippen LogP contribution in [0.2, 0.25) is 0 Å². The Labute approximate surface area is 151 Å². The highest BCUT2D eigenvalue weighted by Crippen LogP contribution is 2.28. The summed E-state index contributed by atoms with van der Waals surface area (Å²) in [4.78, 5) is 2.04. The van der Waals surface area contributed by atoms with Crippen molar-refractivity contribution in [2.45, 2.75) is 16.8 Å². The monoisotopic (exact) mass is 450 g/mol. The molecule has 0 atom stereocenters. The topological polar surface area (TPSA) is 49.9 Å². The predicted molar refractivity (Wildman–Crippen MR) is 88.7 cm³/mol. The lowest BCUT2D eigenvalue weighted by atomic mass is 10.3. The van der Waals surface area contributed by atoms with E-state index in [0.717, 1.165) is 3.79 Å². The van der Waals surface area contributed by atoms with Gasteiger partial charge in [-0.05, 0) is 34.5 Å². The molecule has 1 aromatic rings. The summed E-state index contributed by atoms with van der Waals surface area (Å²) in [7, 11) is -3.46. The fraction of sp³-hybridized carbons (Fsp3) is 0.692. The largest absolute Gasteiger partial charge is 0.411 e. The van der Waals surface area contributed by atoms with Crippen LogP contribution in [0.15, 0.2) is 20.1 Å². The SMILES string of the molecule is O=S(=O)(c1ccc(Br)s1)N1CCN(CCCOCC(F)(F)F)CC1. The number of hydrogen-bond acceptors (Lipinski definition) is 5. The molecule has 0 unspecified atom stereocenters. The van der Waals surface area contributed by atoms with Crippen LogP contribution in [0.25, 0.3) is 0 Å². The maximum atomic E-state index is 12.5. The molecule has 138 valence electrons. The summed E-state index contributed by atoms with van der Waals surface area (Å²) in [6.07, 6.45) is -3.81. The van der Waals surface area contributed by atoms with Gasteiger partial charge >= 0.3 is 6.18 Å². The minimum absolute atomic E-state index is 0.0429. The lowest BCUT2D eigenvalue weighted by Gasteiger charge is -2.33. The minimum atomic E-state index is -4.29. The highest BCUT2D eigenvalue weighted by molar-refractivity contribution is 9.11. The number of ether oxygens (including phenoxy) is 1. The van der Waals surface area contributed by atoms with Crippen LogP contribution >= 0.6 is 27.3 Å². The van der Waals surface area contributed by atoms with Crippen LogP contribution < -0.4 is 0 Å². The zero-order valence-corrected chi connectivity index (χ0v) is 16.0. The Morgan fingerprint density at radius 2 is 1.88 bits per heavy atom. The van der Waals surface area contributed by atoms with Crippen LogP contribution in [0.3, 0.4) is 0 Å². The molecule has 0 spiro atoms. The fourth-order valence-corrected chi connectivity index (χ4v) is 5.92. The van der Waals surface area contributed by atoms with E-state index in [1.165, 1.54) is 15.6 Å². The van der Waals surface area contributed by atoms with Crippen LogP contribution in [0.5, 0.6) is 0 Å². The first-order chi connectivity index (χ1) is 11.2. The third kappa shape index (κ3) is 5.95. The molecular formula is C13H18BrF3N2O3S2. The molecule has 0 bridgehead atoms. The van der Waals surface area contributed by atoms with E-state index in [4.69, 9.17) is 0 Å². The van der Waals surface area contributed by atoms with Crippen molar-refractivity contribution in [1.29, 1.82) is 0 Å². The van der Waals surface area contributed by atoms with Crippen LogP contribution in [0.1, 0.15) is 6.42 Å². The Hall–Kier alpha value is -0.200. The van der Waals surface area contributed by atoms with E-state index in [9.17, 15) is 21.6 Å². The number of rotatable bonds is 7. The van der Waals surface area contributed by atoms with Crippen molar-refractivity contribution in [3.05, 3.63) is 15.9 Å². The average molecular weight is 451 g/mol. The van der Waals surface area contributed by atoms with Gasteiger partial charge in [0.15, 0.2) is 0 Å². The van der Waals surface area contributed by atoms with Gasteiger partial charge in [-0.1, -0.05) is 0 Å². The van der Waals surface area contributed by atoms with Crippen molar-refractivity contribution in [2.24, 2.45) is 0 Å². The lowest BCUT2D eigenvalue weighted by Crippen LogP contribution is -2.48. The Morgan fingerprint density at radius 1 is 1.21 bits per heavy atom. The first-order valence-electron chi connectivity index (χ1n) is 7.31. The van der Waals surface area contributed by atoms with Crippen molar-refractivity contribution >= 4 is 37.3 Å². The van der Waals surface area contributed by atoms with Crippen LogP contribution in [0.4, 0.5) is 13.2 Å². The van der Waals surface area contributed by atoms with Gasteiger partial charge in [-0.3, -0.25) is 0 Å². The van der Waals surface area contributed by atoms with Crippen LogP contribution in [-0.4, -0.2) is 69.7 Å². The molecule has 1 aromatic heterocycles. The van der Waals surface area contributed by atoms with E-state index in [2.05, 4.69) is 20.7 Å². The molecule has 5 nitrogen and oxygen atoms in total. The van der Waals surface area contributed by atoms with Gasteiger partial charge in [0.2, 0.25) is 0 Å². The van der Waals surface area contributed by atoms with Gasteiger partial charge in [-0.2, -0.15) is 17.5 Å². The van der Waals surface area contributed by atoms with Gasteiger partial charge in [-0.15, -0.1) is 11.3 Å². The molecule has 1 saturated heterocycles. The molecule has 24 heavy (non-hydrogen) atoms. The van der Waals surface area contributed by atoms with Crippen molar-refractivity contribution in [3.63, 3.8) is 0 Å². The number of thiophene rings is 1. The zero-order valence-electron chi connectivity index (χ0n) is 12.8. The Balaban J connectivity index is 1.72. The second kappa shape index (κ2) is 8.45. The molecular weight excluding hydrogens is 433 g/mol. The van der Waals surface area contributed by atoms with Crippen molar-refractivity contribution in [3.8, 4) is 0 Å². The highest BCUT2D eigenvalue weighted by Gasteiger charge is 2.30.